The van der Waals surface area contributed by atoms with Crippen LogP contribution in [0, 0.1) is 5.92 Å². The minimum Gasteiger partial charge on any atom is -0.352 e. The van der Waals surface area contributed by atoms with Crippen LogP contribution in [0.25, 0.3) is 5.69 Å². The number of halogens is 2. The summed E-state index contributed by atoms with van der Waals surface area (Å²) in [5.74, 6) is 0.413. The molecule has 1 saturated heterocycles. The number of rotatable bonds is 5. The van der Waals surface area contributed by atoms with E-state index in [1.54, 1.807) is 35.3 Å². The standard InChI is InChI=1S/C17H20Cl2N4O/c1-2-22-6-5-12(10-22)8-20-17(24)13-9-21-23(11-13)16-4-3-14(18)7-15(16)19/h3-4,7,9,11-12H,2,5-6,8,10H2,1H3,(H,20,24)/t12-/m0/s1. The van der Waals surface area contributed by atoms with Crippen molar-refractivity contribution in [1.29, 1.82) is 0 Å². The van der Waals surface area contributed by atoms with Gasteiger partial charge in [-0.25, -0.2) is 4.68 Å². The number of benzene rings is 1. The number of amides is 1. The number of nitrogens with one attached hydrogen (secondary N) is 1. The minimum atomic E-state index is -0.110. The van der Waals surface area contributed by atoms with E-state index in [1.165, 1.54) is 0 Å². The first kappa shape index (κ1) is 17.3. The lowest BCUT2D eigenvalue weighted by Crippen LogP contribution is -2.30. The van der Waals surface area contributed by atoms with Gasteiger partial charge in [-0.15, -0.1) is 0 Å². The van der Waals surface area contributed by atoms with Gasteiger partial charge in [0, 0.05) is 24.3 Å². The zero-order valence-corrected chi connectivity index (χ0v) is 15.0. The highest BCUT2D eigenvalue weighted by Crippen LogP contribution is 2.24. The van der Waals surface area contributed by atoms with Crippen molar-refractivity contribution < 1.29 is 4.79 Å². The summed E-state index contributed by atoms with van der Waals surface area (Å²) in [4.78, 5) is 14.7. The molecule has 0 spiro atoms. The zero-order chi connectivity index (χ0) is 17.1. The van der Waals surface area contributed by atoms with Gasteiger partial charge in [-0.05, 0) is 43.6 Å². The molecule has 0 aliphatic carbocycles. The van der Waals surface area contributed by atoms with Crippen LogP contribution in [-0.4, -0.2) is 46.8 Å². The van der Waals surface area contributed by atoms with E-state index in [2.05, 4.69) is 22.2 Å². The third-order valence-corrected chi connectivity index (χ3v) is 4.91. The fourth-order valence-corrected chi connectivity index (χ4v) is 3.44. The number of aromatic nitrogens is 2. The SMILES string of the molecule is CCN1CC[C@@H](CNC(=O)c2cnn(-c3ccc(Cl)cc3Cl)c2)C1. The highest BCUT2D eigenvalue weighted by atomic mass is 35.5. The van der Waals surface area contributed by atoms with Gasteiger partial charge in [-0.1, -0.05) is 30.1 Å². The second-order valence-electron chi connectivity index (χ2n) is 6.03. The number of carbonyl (C=O) groups excluding carboxylic acids is 1. The van der Waals surface area contributed by atoms with Crippen molar-refractivity contribution in [3.8, 4) is 5.69 Å². The Labute approximate surface area is 151 Å². The molecule has 1 aromatic heterocycles. The van der Waals surface area contributed by atoms with E-state index in [0.29, 0.717) is 33.8 Å². The summed E-state index contributed by atoms with van der Waals surface area (Å²) in [5, 5.41) is 8.27. The summed E-state index contributed by atoms with van der Waals surface area (Å²) < 4.78 is 1.59. The molecule has 0 unspecified atom stereocenters. The maximum atomic E-state index is 12.3. The fraction of sp³-hybridized carbons (Fsp3) is 0.412. The predicted molar refractivity (Wildman–Crippen MR) is 96.1 cm³/mol. The van der Waals surface area contributed by atoms with E-state index in [0.717, 1.165) is 26.1 Å². The van der Waals surface area contributed by atoms with Crippen LogP contribution in [0.5, 0.6) is 0 Å². The third-order valence-electron chi connectivity index (χ3n) is 4.37. The van der Waals surface area contributed by atoms with Crippen molar-refractivity contribution in [2.45, 2.75) is 13.3 Å². The summed E-state index contributed by atoms with van der Waals surface area (Å²) in [6.45, 7) is 6.10. The molecule has 1 N–H and O–H groups in total. The Balaban J connectivity index is 1.61. The lowest BCUT2D eigenvalue weighted by atomic mass is 10.1. The van der Waals surface area contributed by atoms with Gasteiger partial charge in [0.15, 0.2) is 0 Å². The topological polar surface area (TPSA) is 50.2 Å². The summed E-state index contributed by atoms with van der Waals surface area (Å²) >= 11 is 12.1. The van der Waals surface area contributed by atoms with E-state index in [9.17, 15) is 4.79 Å². The quantitative estimate of drug-likeness (QED) is 0.883. The molecule has 0 saturated carbocycles. The Bertz CT molecular complexity index is 731. The molecule has 1 aromatic carbocycles. The first-order chi connectivity index (χ1) is 11.6. The molecule has 1 aliphatic heterocycles. The molecule has 0 radical (unpaired) electrons. The number of hydrogen-bond acceptors (Lipinski definition) is 3. The van der Waals surface area contributed by atoms with Crippen molar-refractivity contribution in [1.82, 2.24) is 20.0 Å². The van der Waals surface area contributed by atoms with Crippen molar-refractivity contribution in [3.63, 3.8) is 0 Å². The van der Waals surface area contributed by atoms with Crippen molar-refractivity contribution in [3.05, 3.63) is 46.2 Å². The van der Waals surface area contributed by atoms with E-state index in [1.807, 2.05) is 0 Å². The first-order valence-corrected chi connectivity index (χ1v) is 8.83. The Kier molecular flexibility index (Phi) is 5.43. The fourth-order valence-electron chi connectivity index (χ4n) is 2.94. The van der Waals surface area contributed by atoms with Gasteiger partial charge in [0.1, 0.15) is 0 Å². The largest absolute Gasteiger partial charge is 0.352 e. The molecule has 2 aromatic rings. The van der Waals surface area contributed by atoms with Gasteiger partial charge in [0.25, 0.3) is 5.91 Å². The maximum absolute atomic E-state index is 12.3. The Morgan fingerprint density at radius 1 is 1.42 bits per heavy atom. The Morgan fingerprint density at radius 3 is 2.96 bits per heavy atom. The van der Waals surface area contributed by atoms with Crippen molar-refractivity contribution in [2.24, 2.45) is 5.92 Å². The van der Waals surface area contributed by atoms with Gasteiger partial charge in [-0.2, -0.15) is 5.10 Å². The zero-order valence-electron chi connectivity index (χ0n) is 13.5. The molecule has 2 heterocycles. The van der Waals surface area contributed by atoms with Crippen LogP contribution in [0.15, 0.2) is 30.6 Å². The van der Waals surface area contributed by atoms with Crippen LogP contribution in [0.2, 0.25) is 10.0 Å². The third kappa shape index (κ3) is 3.91. The average Bonchev–Trinajstić information content (AvgIpc) is 3.22. The molecule has 7 heteroatoms. The minimum absolute atomic E-state index is 0.110. The smallest absolute Gasteiger partial charge is 0.254 e. The van der Waals surface area contributed by atoms with Crippen LogP contribution in [0.4, 0.5) is 0 Å². The van der Waals surface area contributed by atoms with Gasteiger partial charge in [-0.3, -0.25) is 4.79 Å². The van der Waals surface area contributed by atoms with Crippen LogP contribution >= 0.6 is 23.2 Å². The molecule has 1 fully saturated rings. The lowest BCUT2D eigenvalue weighted by molar-refractivity contribution is 0.0947. The monoisotopic (exact) mass is 366 g/mol. The number of nitrogens with zero attached hydrogens (tertiary/aromatic N) is 3. The molecule has 1 amide bonds. The van der Waals surface area contributed by atoms with Gasteiger partial charge >= 0.3 is 0 Å². The van der Waals surface area contributed by atoms with E-state index < -0.39 is 0 Å². The molecule has 3 rings (SSSR count). The number of hydrogen-bond donors (Lipinski definition) is 1. The molecule has 1 atom stereocenters. The second-order valence-corrected chi connectivity index (χ2v) is 6.87. The number of carbonyl (C=O) groups is 1. The number of likely N-dealkylation sites (tertiary alicyclic amines) is 1. The second kappa shape index (κ2) is 7.55. The highest BCUT2D eigenvalue weighted by molar-refractivity contribution is 6.35. The molecular weight excluding hydrogens is 347 g/mol. The maximum Gasteiger partial charge on any atom is 0.254 e. The lowest BCUT2D eigenvalue weighted by Gasteiger charge is -2.13. The van der Waals surface area contributed by atoms with E-state index in [4.69, 9.17) is 23.2 Å². The summed E-state index contributed by atoms with van der Waals surface area (Å²) in [6.07, 6.45) is 4.36. The van der Waals surface area contributed by atoms with E-state index >= 15 is 0 Å². The molecular formula is C17H20Cl2N4O. The Morgan fingerprint density at radius 2 is 2.25 bits per heavy atom. The van der Waals surface area contributed by atoms with Crippen LogP contribution in [-0.2, 0) is 0 Å². The van der Waals surface area contributed by atoms with Crippen LogP contribution in [0.1, 0.15) is 23.7 Å². The molecule has 128 valence electrons. The van der Waals surface area contributed by atoms with E-state index in [-0.39, 0.29) is 5.91 Å². The average molecular weight is 367 g/mol. The summed E-state index contributed by atoms with van der Waals surface area (Å²) in [5.41, 5.74) is 1.21. The predicted octanol–water partition coefficient (Wildman–Crippen LogP) is 3.25. The van der Waals surface area contributed by atoms with Crippen molar-refractivity contribution in [2.75, 3.05) is 26.2 Å². The molecule has 24 heavy (non-hydrogen) atoms. The van der Waals surface area contributed by atoms with Crippen LogP contribution in [0.3, 0.4) is 0 Å². The molecule has 5 nitrogen and oxygen atoms in total. The summed E-state index contributed by atoms with van der Waals surface area (Å²) in [6, 6.07) is 5.17. The van der Waals surface area contributed by atoms with Gasteiger partial charge in [0.2, 0.25) is 0 Å². The van der Waals surface area contributed by atoms with Gasteiger partial charge < -0.3 is 10.2 Å². The molecule has 0 bridgehead atoms. The first-order valence-electron chi connectivity index (χ1n) is 8.07. The van der Waals surface area contributed by atoms with Crippen molar-refractivity contribution >= 4 is 29.1 Å². The Hall–Kier alpha value is -1.56. The van der Waals surface area contributed by atoms with Crippen LogP contribution < -0.4 is 5.32 Å². The normalized spacial score (nSPS) is 18.0. The van der Waals surface area contributed by atoms with Gasteiger partial charge in [0.05, 0.1) is 22.5 Å². The molecule has 1 aliphatic rings. The highest BCUT2D eigenvalue weighted by Gasteiger charge is 2.22. The summed E-state index contributed by atoms with van der Waals surface area (Å²) in [7, 11) is 0.